The number of hydrogen-bond acceptors (Lipinski definition) is 4. The van der Waals surface area contributed by atoms with E-state index >= 15 is 0 Å². The highest BCUT2D eigenvalue weighted by atomic mass is 16.7. The van der Waals surface area contributed by atoms with E-state index in [4.69, 9.17) is 18.9 Å². The molecule has 1 aromatic heterocycles. The number of nitrogens with zero attached hydrogens (tertiary/aromatic N) is 1. The summed E-state index contributed by atoms with van der Waals surface area (Å²) in [5.41, 5.74) is 0. The maximum Gasteiger partial charge on any atom is 0.183 e. The summed E-state index contributed by atoms with van der Waals surface area (Å²) in [6, 6.07) is 6.07. The minimum Gasteiger partial charge on any atom is -0.376 e. The molecule has 0 saturated heterocycles. The summed E-state index contributed by atoms with van der Waals surface area (Å²) in [6.45, 7) is 9.05. The molecule has 0 fully saturated rings. The molecule has 1 aromatic rings. The molecule has 34 heavy (non-hydrogen) atoms. The van der Waals surface area contributed by atoms with Crippen molar-refractivity contribution in [2.24, 2.45) is 0 Å². The van der Waals surface area contributed by atoms with Gasteiger partial charge in [-0.15, -0.1) is 0 Å². The number of hydrogen-bond donors (Lipinski definition) is 0. The zero-order valence-electron chi connectivity index (χ0n) is 22.7. The monoisotopic (exact) mass is 480 g/mol. The Balaban J connectivity index is 2.13. The number of unbranched alkanes of at least 4 members (excludes halogenated alkanes) is 10. The van der Waals surface area contributed by atoms with Crippen LogP contribution in [-0.2, 0) is 25.5 Å². The molecule has 0 N–H and O–H groups in total. The predicted molar refractivity (Wildman–Crippen MR) is 140 cm³/mol. The van der Waals surface area contributed by atoms with Crippen LogP contribution in [0.3, 0.4) is 0 Å². The zero-order valence-corrected chi connectivity index (χ0v) is 22.7. The Hall–Kier alpha value is -1.01. The maximum atomic E-state index is 6.31. The van der Waals surface area contributed by atoms with Gasteiger partial charge in [0.1, 0.15) is 12.7 Å². The summed E-state index contributed by atoms with van der Waals surface area (Å²) in [4.78, 5) is 0. The molecule has 0 spiro atoms. The van der Waals surface area contributed by atoms with Crippen molar-refractivity contribution in [3.05, 3.63) is 30.6 Å². The van der Waals surface area contributed by atoms with Crippen molar-refractivity contribution in [1.29, 1.82) is 0 Å². The Kier molecular flexibility index (Phi) is 20.5. The van der Waals surface area contributed by atoms with Gasteiger partial charge in [-0.3, -0.25) is 0 Å². The lowest BCUT2D eigenvalue weighted by Crippen LogP contribution is -2.36. The van der Waals surface area contributed by atoms with Crippen LogP contribution >= 0.6 is 0 Å². The second-order valence-corrected chi connectivity index (χ2v) is 9.40. The predicted octanol–water partition coefficient (Wildman–Crippen LogP) is 6.86. The van der Waals surface area contributed by atoms with Gasteiger partial charge >= 0.3 is 0 Å². The zero-order chi connectivity index (χ0) is 24.7. The first-order valence-electron chi connectivity index (χ1n) is 14.0. The third kappa shape index (κ3) is 16.6. The SMILES string of the molecule is CCCCCCCCCCCCCC(CC)OC(OCCOCC[n+]1ccccc1)C(C)OC. The Morgan fingerprint density at radius 2 is 1.35 bits per heavy atom. The fraction of sp³-hybridized carbons (Fsp3) is 0.828. The van der Waals surface area contributed by atoms with Crippen LogP contribution in [0.4, 0.5) is 0 Å². The first-order chi connectivity index (χ1) is 16.7. The molecule has 3 atom stereocenters. The quantitative estimate of drug-likeness (QED) is 0.0920. The fourth-order valence-corrected chi connectivity index (χ4v) is 4.07. The molecule has 3 unspecified atom stereocenters. The van der Waals surface area contributed by atoms with E-state index in [0.717, 1.165) is 19.4 Å². The number of methoxy groups -OCH3 is 1. The van der Waals surface area contributed by atoms with E-state index in [-0.39, 0.29) is 18.5 Å². The van der Waals surface area contributed by atoms with E-state index in [1.165, 1.54) is 70.6 Å². The minimum absolute atomic E-state index is 0.105. The van der Waals surface area contributed by atoms with Crippen LogP contribution in [0, 0.1) is 0 Å². The highest BCUT2D eigenvalue weighted by Gasteiger charge is 2.22. The average molecular weight is 481 g/mol. The van der Waals surface area contributed by atoms with E-state index in [1.54, 1.807) is 7.11 Å². The fourth-order valence-electron chi connectivity index (χ4n) is 4.07. The molecule has 0 aromatic carbocycles. The summed E-state index contributed by atoms with van der Waals surface area (Å²) in [5.74, 6) is 0. The molecule has 5 nitrogen and oxygen atoms in total. The smallest absolute Gasteiger partial charge is 0.183 e. The third-order valence-corrected chi connectivity index (χ3v) is 6.45. The molecular weight excluding hydrogens is 426 g/mol. The van der Waals surface area contributed by atoms with E-state index in [9.17, 15) is 0 Å². The molecule has 5 heteroatoms. The van der Waals surface area contributed by atoms with Crippen LogP contribution < -0.4 is 4.57 Å². The largest absolute Gasteiger partial charge is 0.376 e. The lowest BCUT2D eigenvalue weighted by Gasteiger charge is -2.28. The Morgan fingerprint density at radius 3 is 1.94 bits per heavy atom. The van der Waals surface area contributed by atoms with Crippen molar-refractivity contribution in [3.63, 3.8) is 0 Å². The van der Waals surface area contributed by atoms with Gasteiger partial charge < -0.3 is 18.9 Å². The van der Waals surface area contributed by atoms with Gasteiger partial charge in [-0.1, -0.05) is 90.5 Å². The first kappa shape index (κ1) is 31.0. The summed E-state index contributed by atoms with van der Waals surface area (Å²) >= 11 is 0. The number of aromatic nitrogens is 1. The highest BCUT2D eigenvalue weighted by Crippen LogP contribution is 2.17. The van der Waals surface area contributed by atoms with Crippen LogP contribution in [0.25, 0.3) is 0 Å². The highest BCUT2D eigenvalue weighted by molar-refractivity contribution is 4.83. The molecule has 0 aliphatic rings. The van der Waals surface area contributed by atoms with Gasteiger partial charge in [0.15, 0.2) is 25.2 Å². The van der Waals surface area contributed by atoms with Gasteiger partial charge in [0.25, 0.3) is 0 Å². The molecule has 198 valence electrons. The van der Waals surface area contributed by atoms with E-state index in [2.05, 4.69) is 18.4 Å². The van der Waals surface area contributed by atoms with Crippen molar-refractivity contribution in [2.75, 3.05) is 26.9 Å². The van der Waals surface area contributed by atoms with Crippen LogP contribution in [0.5, 0.6) is 0 Å². The summed E-state index contributed by atoms with van der Waals surface area (Å²) < 4.78 is 25.7. The van der Waals surface area contributed by atoms with Gasteiger partial charge in [-0.05, 0) is 19.8 Å². The number of pyridine rings is 1. The first-order valence-corrected chi connectivity index (χ1v) is 14.0. The Labute approximate surface area is 210 Å². The average Bonchev–Trinajstić information content (AvgIpc) is 2.87. The lowest BCUT2D eigenvalue weighted by molar-refractivity contribution is -0.698. The van der Waals surface area contributed by atoms with Crippen molar-refractivity contribution in [3.8, 4) is 0 Å². The van der Waals surface area contributed by atoms with Gasteiger partial charge in [0, 0.05) is 19.2 Å². The standard InChI is InChI=1S/C29H54NO4/c1-5-7-8-9-10-11-12-13-14-15-17-20-28(6-2)34-29(27(3)31-4)33-26-25-32-24-23-30-21-18-16-19-22-30/h16,18-19,21-22,27-29H,5-15,17,20,23-26H2,1-4H3/q+1. The van der Waals surface area contributed by atoms with Crippen molar-refractivity contribution >= 4 is 0 Å². The molecule has 1 heterocycles. The molecule has 0 aliphatic carbocycles. The molecule has 0 aliphatic heterocycles. The van der Waals surface area contributed by atoms with Gasteiger partial charge in [-0.2, -0.15) is 0 Å². The molecule has 0 bridgehead atoms. The van der Waals surface area contributed by atoms with Gasteiger partial charge in [0.05, 0.1) is 19.3 Å². The molecule has 0 saturated carbocycles. The lowest BCUT2D eigenvalue weighted by atomic mass is 10.0. The number of ether oxygens (including phenoxy) is 4. The van der Waals surface area contributed by atoms with Crippen molar-refractivity contribution in [1.82, 2.24) is 0 Å². The third-order valence-electron chi connectivity index (χ3n) is 6.45. The number of rotatable bonds is 24. The van der Waals surface area contributed by atoms with Crippen molar-refractivity contribution < 1.29 is 23.5 Å². The second kappa shape index (κ2) is 22.5. The normalized spacial score (nSPS) is 14.2. The van der Waals surface area contributed by atoms with Crippen LogP contribution in [0.1, 0.15) is 104 Å². The molecule has 0 radical (unpaired) electrons. The van der Waals surface area contributed by atoms with Crippen LogP contribution in [-0.4, -0.2) is 45.4 Å². The van der Waals surface area contributed by atoms with Crippen molar-refractivity contribution in [2.45, 2.75) is 129 Å². The van der Waals surface area contributed by atoms with E-state index < -0.39 is 0 Å². The summed E-state index contributed by atoms with van der Waals surface area (Å²) in [7, 11) is 1.71. The maximum absolute atomic E-state index is 6.31. The Bertz CT molecular complexity index is 542. The molecular formula is C29H54NO4+. The van der Waals surface area contributed by atoms with Crippen LogP contribution in [0.15, 0.2) is 30.6 Å². The summed E-state index contributed by atoms with van der Waals surface area (Å²) in [6.07, 6.45) is 21.0. The summed E-state index contributed by atoms with van der Waals surface area (Å²) in [5, 5.41) is 0. The van der Waals surface area contributed by atoms with Crippen LogP contribution in [0.2, 0.25) is 0 Å². The Morgan fingerprint density at radius 1 is 0.735 bits per heavy atom. The van der Waals surface area contributed by atoms with E-state index in [1.807, 2.05) is 37.5 Å². The second-order valence-electron chi connectivity index (χ2n) is 9.40. The molecule has 1 rings (SSSR count). The topological polar surface area (TPSA) is 40.8 Å². The van der Waals surface area contributed by atoms with Gasteiger partial charge in [0.2, 0.25) is 0 Å². The molecule has 0 amide bonds. The van der Waals surface area contributed by atoms with Gasteiger partial charge in [-0.25, -0.2) is 4.57 Å². The van der Waals surface area contributed by atoms with E-state index in [0.29, 0.717) is 19.8 Å². The minimum atomic E-state index is -0.352.